The van der Waals surface area contributed by atoms with E-state index >= 15 is 0 Å². The van der Waals surface area contributed by atoms with Gasteiger partial charge in [-0.2, -0.15) is 0 Å². The number of nitrogens with zero attached hydrogens (tertiary/aromatic N) is 2. The minimum Gasteiger partial charge on any atom is -0.465 e. The summed E-state index contributed by atoms with van der Waals surface area (Å²) in [4.78, 5) is 21.2. The molecule has 2 bridgehead atoms. The molecule has 2 N–H and O–H groups in total. The summed E-state index contributed by atoms with van der Waals surface area (Å²) in [5.41, 5.74) is 3.21. The average Bonchev–Trinajstić information content (AvgIpc) is 3.39. The van der Waals surface area contributed by atoms with E-state index in [0.29, 0.717) is 12.0 Å². The summed E-state index contributed by atoms with van der Waals surface area (Å²) in [5, 5.41) is 9.44. The maximum atomic E-state index is 11.5. The summed E-state index contributed by atoms with van der Waals surface area (Å²) in [5.74, 6) is 0.832. The minimum absolute atomic E-state index is 0.115. The molecule has 1 aromatic heterocycles. The fourth-order valence-electron chi connectivity index (χ4n) is 5.90. The van der Waals surface area contributed by atoms with Crippen molar-refractivity contribution in [1.29, 1.82) is 0 Å². The van der Waals surface area contributed by atoms with E-state index < -0.39 is 6.09 Å². The van der Waals surface area contributed by atoms with Crippen molar-refractivity contribution in [3.05, 3.63) is 52.0 Å². The number of hydrogen-bond donors (Lipinski definition) is 2. The van der Waals surface area contributed by atoms with E-state index in [1.54, 1.807) is 0 Å². The fourth-order valence-corrected chi connectivity index (χ4v) is 6.30. The molecule has 1 aliphatic heterocycles. The Morgan fingerprint density at radius 1 is 1.18 bits per heavy atom. The number of hydrogen-bond acceptors (Lipinski definition) is 2. The Hall–Kier alpha value is -1.82. The van der Waals surface area contributed by atoms with E-state index in [1.807, 2.05) is 6.20 Å². The molecular formula is C22H26BrN3O2. The maximum Gasteiger partial charge on any atom is 0.407 e. The molecule has 2 heterocycles. The van der Waals surface area contributed by atoms with Crippen LogP contribution in [0.1, 0.15) is 74.5 Å². The molecule has 5 nitrogen and oxygen atoms in total. The lowest BCUT2D eigenvalue weighted by Gasteiger charge is -2.53. The fraction of sp³-hybridized carbons (Fsp3) is 0.545. The molecule has 3 aliphatic carbocycles. The van der Waals surface area contributed by atoms with Crippen molar-refractivity contribution in [2.24, 2.45) is 0 Å². The Morgan fingerprint density at radius 2 is 1.89 bits per heavy atom. The van der Waals surface area contributed by atoms with Gasteiger partial charge in [0.2, 0.25) is 0 Å². The number of halogens is 1. The molecule has 148 valence electrons. The quantitative estimate of drug-likeness (QED) is 0.654. The van der Waals surface area contributed by atoms with Crippen molar-refractivity contribution in [1.82, 2.24) is 14.9 Å². The van der Waals surface area contributed by atoms with Crippen molar-refractivity contribution < 1.29 is 9.90 Å². The number of amides is 1. The van der Waals surface area contributed by atoms with Gasteiger partial charge in [-0.05, 0) is 74.5 Å². The topological polar surface area (TPSA) is 69.2 Å². The van der Waals surface area contributed by atoms with Gasteiger partial charge in [-0.3, -0.25) is 4.90 Å². The summed E-state index contributed by atoms with van der Waals surface area (Å²) >= 11 is 3.63. The highest BCUT2D eigenvalue weighted by Gasteiger charge is 2.51. The Bertz CT molecular complexity index is 884. The SMILES string of the molecule is O=C(O)N1CCCC1c1ncc(C23CCC(c4cccc(Br)c4)(CC2)CC3)[nH]1. The molecular weight excluding hydrogens is 418 g/mol. The van der Waals surface area contributed by atoms with Crippen LogP contribution < -0.4 is 0 Å². The zero-order valence-electron chi connectivity index (χ0n) is 16.0. The monoisotopic (exact) mass is 443 g/mol. The van der Waals surface area contributed by atoms with Crippen molar-refractivity contribution in [3.63, 3.8) is 0 Å². The molecule has 1 amide bonds. The van der Waals surface area contributed by atoms with E-state index in [0.717, 1.165) is 18.7 Å². The van der Waals surface area contributed by atoms with Crippen LogP contribution in [-0.2, 0) is 10.8 Å². The molecule has 3 saturated carbocycles. The zero-order chi connectivity index (χ0) is 19.4. The third-order valence-corrected chi connectivity index (χ3v) is 8.16. The van der Waals surface area contributed by atoms with Gasteiger partial charge in [-0.25, -0.2) is 9.78 Å². The normalized spacial score (nSPS) is 32.0. The van der Waals surface area contributed by atoms with Crippen molar-refractivity contribution >= 4 is 22.0 Å². The predicted octanol–water partition coefficient (Wildman–Crippen LogP) is 5.53. The van der Waals surface area contributed by atoms with E-state index in [-0.39, 0.29) is 11.5 Å². The average molecular weight is 444 g/mol. The van der Waals surface area contributed by atoms with Crippen LogP contribution in [0.15, 0.2) is 34.9 Å². The van der Waals surface area contributed by atoms with Crippen molar-refractivity contribution in [2.45, 2.75) is 68.2 Å². The highest BCUT2D eigenvalue weighted by molar-refractivity contribution is 9.10. The van der Waals surface area contributed by atoms with Gasteiger partial charge in [-0.1, -0.05) is 28.1 Å². The van der Waals surface area contributed by atoms with Crippen LogP contribution in [-0.4, -0.2) is 32.6 Å². The standard InChI is InChI=1S/C22H26BrN3O2/c23-16-4-1-3-15(13-16)21-6-9-22(10-7-21,11-8-21)18-14-24-19(25-18)17-5-2-12-26(17)20(27)28/h1,3-4,13-14,17H,2,5-12H2,(H,24,25)(H,27,28). The molecule has 1 saturated heterocycles. The molecule has 28 heavy (non-hydrogen) atoms. The van der Waals surface area contributed by atoms with Gasteiger partial charge in [0.1, 0.15) is 5.82 Å². The highest BCUT2D eigenvalue weighted by Crippen LogP contribution is 2.58. The number of nitrogens with one attached hydrogen (secondary N) is 1. The van der Waals surface area contributed by atoms with E-state index in [9.17, 15) is 9.90 Å². The van der Waals surface area contributed by atoms with E-state index in [4.69, 9.17) is 0 Å². The van der Waals surface area contributed by atoms with E-state index in [2.05, 4.69) is 50.2 Å². The smallest absolute Gasteiger partial charge is 0.407 e. The number of imidazole rings is 1. The number of benzene rings is 1. The Balaban J connectivity index is 1.37. The lowest BCUT2D eigenvalue weighted by atomic mass is 9.51. The maximum absolute atomic E-state index is 11.5. The molecule has 6 heteroatoms. The molecule has 0 spiro atoms. The van der Waals surface area contributed by atoms with Crippen LogP contribution in [0.3, 0.4) is 0 Å². The number of carboxylic acid groups (broad SMARTS) is 1. The van der Waals surface area contributed by atoms with Gasteiger partial charge >= 0.3 is 6.09 Å². The van der Waals surface area contributed by atoms with Gasteiger partial charge in [0, 0.05) is 28.3 Å². The molecule has 6 rings (SSSR count). The second kappa shape index (κ2) is 6.61. The lowest BCUT2D eigenvalue weighted by Crippen LogP contribution is -2.46. The van der Waals surface area contributed by atoms with Crippen LogP contribution in [0.5, 0.6) is 0 Å². The lowest BCUT2D eigenvalue weighted by molar-refractivity contribution is 0.0986. The van der Waals surface area contributed by atoms with Gasteiger partial charge in [0.25, 0.3) is 0 Å². The first kappa shape index (κ1) is 18.2. The largest absolute Gasteiger partial charge is 0.465 e. The van der Waals surface area contributed by atoms with Gasteiger partial charge in [0.15, 0.2) is 0 Å². The second-order valence-electron chi connectivity index (χ2n) is 8.89. The van der Waals surface area contributed by atoms with Crippen LogP contribution >= 0.6 is 15.9 Å². The summed E-state index contributed by atoms with van der Waals surface area (Å²) in [6.07, 6.45) is 10.1. The zero-order valence-corrected chi connectivity index (χ0v) is 17.5. The van der Waals surface area contributed by atoms with Crippen molar-refractivity contribution in [3.8, 4) is 0 Å². The Morgan fingerprint density at radius 3 is 2.57 bits per heavy atom. The molecule has 2 aromatic rings. The first-order valence-corrected chi connectivity index (χ1v) is 11.1. The summed E-state index contributed by atoms with van der Waals surface area (Å²) in [6, 6.07) is 8.73. The number of H-pyrrole nitrogens is 1. The molecule has 4 aliphatic rings. The number of aromatic nitrogens is 2. The molecule has 1 atom stereocenters. The highest BCUT2D eigenvalue weighted by atomic mass is 79.9. The summed E-state index contributed by atoms with van der Waals surface area (Å²) in [6.45, 7) is 0.607. The van der Waals surface area contributed by atoms with Crippen LogP contribution in [0.4, 0.5) is 4.79 Å². The number of carbonyl (C=O) groups is 1. The van der Waals surface area contributed by atoms with Crippen molar-refractivity contribution in [2.75, 3.05) is 6.54 Å². The first-order valence-electron chi connectivity index (χ1n) is 10.3. The first-order chi connectivity index (χ1) is 13.5. The summed E-state index contributed by atoms with van der Waals surface area (Å²) < 4.78 is 1.17. The third-order valence-electron chi connectivity index (χ3n) is 7.66. The summed E-state index contributed by atoms with van der Waals surface area (Å²) in [7, 11) is 0. The van der Waals surface area contributed by atoms with Gasteiger partial charge < -0.3 is 10.1 Å². The predicted molar refractivity (Wildman–Crippen MR) is 110 cm³/mol. The Labute approximate surface area is 173 Å². The number of fused-ring (bicyclic) bond motifs is 3. The van der Waals surface area contributed by atoms with E-state index in [1.165, 1.54) is 59.2 Å². The molecule has 1 aromatic carbocycles. The van der Waals surface area contributed by atoms with Crippen LogP contribution in [0.2, 0.25) is 0 Å². The molecule has 4 fully saturated rings. The van der Waals surface area contributed by atoms with Crippen LogP contribution in [0, 0.1) is 0 Å². The molecule has 1 unspecified atom stereocenters. The number of rotatable bonds is 3. The third kappa shape index (κ3) is 2.79. The molecule has 0 radical (unpaired) electrons. The van der Waals surface area contributed by atoms with Crippen LogP contribution in [0.25, 0.3) is 0 Å². The minimum atomic E-state index is -0.840. The second-order valence-corrected chi connectivity index (χ2v) is 9.80. The Kier molecular flexibility index (Phi) is 4.30. The number of aromatic amines is 1. The van der Waals surface area contributed by atoms with Gasteiger partial charge in [0.05, 0.1) is 6.04 Å². The van der Waals surface area contributed by atoms with Gasteiger partial charge in [-0.15, -0.1) is 0 Å². The number of likely N-dealkylation sites (tertiary alicyclic amines) is 1.